The number of nitrogens with zero attached hydrogens (tertiary/aromatic N) is 1. The van der Waals surface area contributed by atoms with Crippen LogP contribution in [-0.2, 0) is 9.53 Å². The highest BCUT2D eigenvalue weighted by Crippen LogP contribution is 2.25. The van der Waals surface area contributed by atoms with E-state index in [1.807, 2.05) is 4.90 Å². The molecule has 2 aliphatic rings. The molecule has 1 amide bonds. The van der Waals surface area contributed by atoms with Crippen molar-refractivity contribution in [3.8, 4) is 0 Å². The summed E-state index contributed by atoms with van der Waals surface area (Å²) in [5, 5.41) is 0. The van der Waals surface area contributed by atoms with E-state index in [0.29, 0.717) is 11.9 Å². The molecule has 2 aliphatic heterocycles. The number of alkyl halides is 1. The lowest BCUT2D eigenvalue weighted by molar-refractivity contribution is -0.147. The van der Waals surface area contributed by atoms with Gasteiger partial charge in [-0.05, 0) is 44.9 Å². The monoisotopic (exact) mass is 259 g/mol. The maximum absolute atomic E-state index is 12.3. The van der Waals surface area contributed by atoms with Crippen LogP contribution in [-0.4, -0.2) is 42.0 Å². The van der Waals surface area contributed by atoms with E-state index in [0.717, 1.165) is 58.1 Å². The van der Waals surface area contributed by atoms with Crippen LogP contribution in [0.15, 0.2) is 0 Å². The van der Waals surface area contributed by atoms with Crippen LogP contribution in [0.25, 0.3) is 0 Å². The van der Waals surface area contributed by atoms with Gasteiger partial charge in [0.25, 0.3) is 5.91 Å². The Balaban J connectivity index is 1.88. The normalized spacial score (nSPS) is 29.6. The predicted octanol–water partition coefficient (Wildman–Crippen LogP) is 2.57. The summed E-state index contributed by atoms with van der Waals surface area (Å²) in [6.45, 7) is 1.65. The fourth-order valence-electron chi connectivity index (χ4n) is 2.86. The Morgan fingerprint density at radius 2 is 2.18 bits per heavy atom. The molecule has 0 aromatic carbocycles. The summed E-state index contributed by atoms with van der Waals surface area (Å²) in [5.41, 5.74) is 0. The highest BCUT2D eigenvalue weighted by Gasteiger charge is 2.33. The van der Waals surface area contributed by atoms with Crippen LogP contribution in [0.5, 0.6) is 0 Å². The average molecular weight is 260 g/mol. The summed E-state index contributed by atoms with van der Waals surface area (Å²) in [6, 6.07) is 0.409. The molecule has 2 fully saturated rings. The minimum Gasteiger partial charge on any atom is -0.368 e. The lowest BCUT2D eigenvalue weighted by Gasteiger charge is -2.30. The number of carbonyl (C=O) groups is 1. The second-order valence-electron chi connectivity index (χ2n) is 5.01. The molecule has 0 aliphatic carbocycles. The lowest BCUT2D eigenvalue weighted by atomic mass is 10.1. The molecule has 0 saturated carbocycles. The molecule has 0 spiro atoms. The van der Waals surface area contributed by atoms with Gasteiger partial charge in [-0.2, -0.15) is 0 Å². The largest absolute Gasteiger partial charge is 0.368 e. The quantitative estimate of drug-likeness (QED) is 0.727. The lowest BCUT2D eigenvalue weighted by Crippen LogP contribution is -2.44. The van der Waals surface area contributed by atoms with E-state index in [1.54, 1.807) is 0 Å². The smallest absolute Gasteiger partial charge is 0.251 e. The molecule has 17 heavy (non-hydrogen) atoms. The molecular formula is C13H22ClNO2. The SMILES string of the molecule is O=C(C1CCCCO1)N1CCCC1CCCCl. The molecular weight excluding hydrogens is 238 g/mol. The summed E-state index contributed by atoms with van der Waals surface area (Å²) >= 11 is 5.73. The minimum atomic E-state index is -0.166. The maximum atomic E-state index is 12.3. The minimum absolute atomic E-state index is 0.166. The molecule has 98 valence electrons. The van der Waals surface area contributed by atoms with Gasteiger partial charge in [0, 0.05) is 25.1 Å². The Bertz CT molecular complexity index is 254. The van der Waals surface area contributed by atoms with Gasteiger partial charge in [0.05, 0.1) is 0 Å². The van der Waals surface area contributed by atoms with Gasteiger partial charge < -0.3 is 9.64 Å². The van der Waals surface area contributed by atoms with E-state index in [2.05, 4.69) is 0 Å². The third kappa shape index (κ3) is 3.35. The number of rotatable bonds is 4. The first-order chi connectivity index (χ1) is 8.33. The van der Waals surface area contributed by atoms with E-state index < -0.39 is 0 Å². The van der Waals surface area contributed by atoms with Crippen molar-refractivity contribution < 1.29 is 9.53 Å². The Morgan fingerprint density at radius 1 is 1.29 bits per heavy atom. The van der Waals surface area contributed by atoms with Crippen molar-refractivity contribution in [2.24, 2.45) is 0 Å². The second kappa shape index (κ2) is 6.60. The summed E-state index contributed by atoms with van der Waals surface area (Å²) < 4.78 is 5.59. The summed E-state index contributed by atoms with van der Waals surface area (Å²) in [5.74, 6) is 0.917. The molecule has 0 radical (unpaired) electrons. The number of likely N-dealkylation sites (tertiary alicyclic amines) is 1. The molecule has 0 aromatic rings. The molecule has 2 rings (SSSR count). The number of carbonyl (C=O) groups excluding carboxylic acids is 1. The third-order valence-electron chi connectivity index (χ3n) is 3.79. The van der Waals surface area contributed by atoms with Crippen LogP contribution in [0.4, 0.5) is 0 Å². The molecule has 2 atom stereocenters. The fourth-order valence-corrected chi connectivity index (χ4v) is 3.01. The molecule has 0 bridgehead atoms. The van der Waals surface area contributed by atoms with Crippen molar-refractivity contribution in [3.63, 3.8) is 0 Å². The van der Waals surface area contributed by atoms with E-state index in [9.17, 15) is 4.79 Å². The zero-order valence-corrected chi connectivity index (χ0v) is 11.1. The van der Waals surface area contributed by atoms with Crippen LogP contribution in [0.3, 0.4) is 0 Å². The van der Waals surface area contributed by atoms with Crippen LogP contribution in [0, 0.1) is 0 Å². The zero-order chi connectivity index (χ0) is 12.1. The van der Waals surface area contributed by atoms with Crippen molar-refractivity contribution in [1.29, 1.82) is 0 Å². The number of amides is 1. The molecule has 2 unspecified atom stereocenters. The number of halogens is 1. The number of hydrogen-bond donors (Lipinski definition) is 0. The molecule has 3 nitrogen and oxygen atoms in total. The Morgan fingerprint density at radius 3 is 2.88 bits per heavy atom. The Labute approximate surface area is 108 Å². The van der Waals surface area contributed by atoms with E-state index in [-0.39, 0.29) is 12.0 Å². The molecule has 2 heterocycles. The number of hydrogen-bond acceptors (Lipinski definition) is 2. The predicted molar refractivity (Wildman–Crippen MR) is 68.3 cm³/mol. The van der Waals surface area contributed by atoms with Gasteiger partial charge in [0.1, 0.15) is 6.10 Å². The summed E-state index contributed by atoms with van der Waals surface area (Å²) in [4.78, 5) is 14.4. The van der Waals surface area contributed by atoms with Crippen molar-refractivity contribution in [3.05, 3.63) is 0 Å². The van der Waals surface area contributed by atoms with Crippen molar-refractivity contribution >= 4 is 17.5 Å². The highest BCUT2D eigenvalue weighted by molar-refractivity contribution is 6.17. The van der Waals surface area contributed by atoms with Crippen LogP contribution in [0.2, 0.25) is 0 Å². The van der Waals surface area contributed by atoms with Crippen molar-refractivity contribution in [2.45, 2.75) is 57.1 Å². The van der Waals surface area contributed by atoms with Gasteiger partial charge in [-0.15, -0.1) is 11.6 Å². The second-order valence-corrected chi connectivity index (χ2v) is 5.39. The zero-order valence-electron chi connectivity index (χ0n) is 10.4. The molecule has 4 heteroatoms. The average Bonchev–Trinajstić information content (AvgIpc) is 2.84. The van der Waals surface area contributed by atoms with E-state index in [4.69, 9.17) is 16.3 Å². The van der Waals surface area contributed by atoms with Crippen molar-refractivity contribution in [2.75, 3.05) is 19.0 Å². The van der Waals surface area contributed by atoms with Crippen LogP contribution in [0.1, 0.15) is 44.9 Å². The Kier molecular flexibility index (Phi) is 5.11. The Hall–Kier alpha value is -0.280. The van der Waals surface area contributed by atoms with Crippen LogP contribution < -0.4 is 0 Å². The summed E-state index contributed by atoms with van der Waals surface area (Å²) in [7, 11) is 0. The van der Waals surface area contributed by atoms with Gasteiger partial charge in [-0.1, -0.05) is 0 Å². The summed E-state index contributed by atoms with van der Waals surface area (Å²) in [6.07, 6.45) is 7.26. The van der Waals surface area contributed by atoms with Gasteiger partial charge >= 0.3 is 0 Å². The van der Waals surface area contributed by atoms with Crippen LogP contribution >= 0.6 is 11.6 Å². The van der Waals surface area contributed by atoms with Gasteiger partial charge in [-0.25, -0.2) is 0 Å². The highest BCUT2D eigenvalue weighted by atomic mass is 35.5. The topological polar surface area (TPSA) is 29.5 Å². The number of ether oxygens (including phenoxy) is 1. The molecule has 2 saturated heterocycles. The fraction of sp³-hybridized carbons (Fsp3) is 0.923. The standard InChI is InChI=1S/C13H22ClNO2/c14-8-3-5-11-6-4-9-15(11)13(16)12-7-1-2-10-17-12/h11-12H,1-10H2. The molecule has 0 aromatic heterocycles. The van der Waals surface area contributed by atoms with Gasteiger partial charge in [-0.3, -0.25) is 4.79 Å². The maximum Gasteiger partial charge on any atom is 0.251 e. The first kappa shape index (κ1) is 13.2. The molecule has 0 N–H and O–H groups in total. The van der Waals surface area contributed by atoms with E-state index in [1.165, 1.54) is 0 Å². The first-order valence-electron chi connectivity index (χ1n) is 6.81. The van der Waals surface area contributed by atoms with E-state index >= 15 is 0 Å². The van der Waals surface area contributed by atoms with Gasteiger partial charge in [0.2, 0.25) is 0 Å². The third-order valence-corrected chi connectivity index (χ3v) is 4.05. The first-order valence-corrected chi connectivity index (χ1v) is 7.34. The van der Waals surface area contributed by atoms with Gasteiger partial charge in [0.15, 0.2) is 0 Å². The van der Waals surface area contributed by atoms with Crippen molar-refractivity contribution in [1.82, 2.24) is 4.90 Å².